The molecule has 1 aromatic carbocycles. The molecule has 0 unspecified atom stereocenters. The van der Waals surface area contributed by atoms with Gasteiger partial charge >= 0.3 is 6.18 Å². The van der Waals surface area contributed by atoms with Crippen molar-refractivity contribution in [2.24, 2.45) is 0 Å². The Kier molecular flexibility index (Phi) is 4.95. The molecule has 0 aromatic heterocycles. The van der Waals surface area contributed by atoms with E-state index in [4.69, 9.17) is 10.5 Å². The molecule has 0 aliphatic rings. The number of unbranched alkanes of at least 4 members (excludes halogenated alkanes) is 1. The standard InChI is InChI=1S/C15H22F3NO/c1-5-6-7-20-13-9-12(19)10(15(16,17)18)8-11(13)14(2,3)4/h8-9H,5-7,19H2,1-4H3. The van der Waals surface area contributed by atoms with Crippen LogP contribution < -0.4 is 10.5 Å². The summed E-state index contributed by atoms with van der Waals surface area (Å²) in [6.45, 7) is 8.06. The predicted molar refractivity (Wildman–Crippen MR) is 75.0 cm³/mol. The molecular weight excluding hydrogens is 267 g/mol. The molecule has 2 N–H and O–H groups in total. The van der Waals surface area contributed by atoms with Gasteiger partial charge in [0, 0.05) is 17.3 Å². The third-order valence-electron chi connectivity index (χ3n) is 3.02. The normalized spacial score (nSPS) is 12.6. The van der Waals surface area contributed by atoms with Gasteiger partial charge in [-0.2, -0.15) is 13.2 Å². The Morgan fingerprint density at radius 1 is 1.10 bits per heavy atom. The number of alkyl halides is 3. The maximum Gasteiger partial charge on any atom is 0.418 e. The van der Waals surface area contributed by atoms with Crippen LogP contribution in [-0.4, -0.2) is 6.61 Å². The van der Waals surface area contributed by atoms with Crippen molar-refractivity contribution in [3.8, 4) is 5.75 Å². The summed E-state index contributed by atoms with van der Waals surface area (Å²) >= 11 is 0. The van der Waals surface area contributed by atoms with E-state index in [1.807, 2.05) is 27.7 Å². The topological polar surface area (TPSA) is 35.2 Å². The van der Waals surface area contributed by atoms with Crippen LogP contribution in [0.3, 0.4) is 0 Å². The first kappa shape index (κ1) is 16.7. The van der Waals surface area contributed by atoms with Gasteiger partial charge in [-0.25, -0.2) is 0 Å². The number of benzene rings is 1. The van der Waals surface area contributed by atoms with Crippen molar-refractivity contribution in [1.29, 1.82) is 0 Å². The molecule has 0 bridgehead atoms. The second-order valence-corrected chi connectivity index (χ2v) is 5.89. The lowest BCUT2D eigenvalue weighted by Crippen LogP contribution is -2.18. The maximum absolute atomic E-state index is 12.9. The molecular formula is C15H22F3NO. The Labute approximate surface area is 118 Å². The summed E-state index contributed by atoms with van der Waals surface area (Å²) in [7, 11) is 0. The number of ether oxygens (including phenoxy) is 1. The van der Waals surface area contributed by atoms with E-state index in [-0.39, 0.29) is 5.69 Å². The lowest BCUT2D eigenvalue weighted by molar-refractivity contribution is -0.137. The predicted octanol–water partition coefficient (Wildman–Crippen LogP) is 4.76. The molecule has 0 spiro atoms. The SMILES string of the molecule is CCCCOc1cc(N)c(C(F)(F)F)cc1C(C)(C)C. The zero-order chi connectivity index (χ0) is 15.6. The van der Waals surface area contributed by atoms with E-state index in [9.17, 15) is 13.2 Å². The monoisotopic (exact) mass is 289 g/mol. The van der Waals surface area contributed by atoms with Crippen molar-refractivity contribution < 1.29 is 17.9 Å². The van der Waals surface area contributed by atoms with Gasteiger partial charge in [0.05, 0.1) is 12.2 Å². The van der Waals surface area contributed by atoms with Crippen molar-refractivity contribution in [1.82, 2.24) is 0 Å². The van der Waals surface area contributed by atoms with Gasteiger partial charge in [0.25, 0.3) is 0 Å². The fourth-order valence-electron chi connectivity index (χ4n) is 1.87. The average Bonchev–Trinajstić information content (AvgIpc) is 2.25. The van der Waals surface area contributed by atoms with E-state index in [2.05, 4.69) is 0 Å². The minimum Gasteiger partial charge on any atom is -0.493 e. The molecule has 0 heterocycles. The first-order valence-corrected chi connectivity index (χ1v) is 6.71. The molecule has 1 rings (SSSR count). The highest BCUT2D eigenvalue weighted by Crippen LogP contribution is 2.41. The van der Waals surface area contributed by atoms with Crippen molar-refractivity contribution >= 4 is 5.69 Å². The number of nitrogen functional groups attached to an aromatic ring is 1. The molecule has 0 fully saturated rings. The first-order valence-electron chi connectivity index (χ1n) is 6.71. The van der Waals surface area contributed by atoms with Crippen LogP contribution in [0.15, 0.2) is 12.1 Å². The number of halogens is 3. The van der Waals surface area contributed by atoms with Gasteiger partial charge < -0.3 is 10.5 Å². The van der Waals surface area contributed by atoms with E-state index in [1.165, 1.54) is 6.07 Å². The van der Waals surface area contributed by atoms with Crippen LogP contribution in [-0.2, 0) is 11.6 Å². The van der Waals surface area contributed by atoms with E-state index < -0.39 is 17.2 Å². The lowest BCUT2D eigenvalue weighted by Gasteiger charge is -2.25. The molecule has 0 saturated carbocycles. The lowest BCUT2D eigenvalue weighted by atomic mass is 9.85. The second kappa shape index (κ2) is 5.94. The molecule has 0 radical (unpaired) electrons. The molecule has 0 aliphatic heterocycles. The summed E-state index contributed by atoms with van der Waals surface area (Å²) in [5, 5.41) is 0. The van der Waals surface area contributed by atoms with E-state index in [0.29, 0.717) is 17.9 Å². The zero-order valence-electron chi connectivity index (χ0n) is 12.4. The van der Waals surface area contributed by atoms with Crippen LogP contribution in [0.2, 0.25) is 0 Å². The largest absolute Gasteiger partial charge is 0.493 e. The van der Waals surface area contributed by atoms with Crippen molar-refractivity contribution in [3.63, 3.8) is 0 Å². The molecule has 0 aliphatic carbocycles. The maximum atomic E-state index is 12.9. The smallest absolute Gasteiger partial charge is 0.418 e. The molecule has 0 amide bonds. The minimum atomic E-state index is -4.45. The summed E-state index contributed by atoms with van der Waals surface area (Å²) in [6, 6.07) is 2.40. The van der Waals surface area contributed by atoms with Crippen molar-refractivity contribution in [2.75, 3.05) is 12.3 Å². The average molecular weight is 289 g/mol. The van der Waals surface area contributed by atoms with Crippen LogP contribution in [0.5, 0.6) is 5.75 Å². The van der Waals surface area contributed by atoms with Crippen molar-refractivity contribution in [3.05, 3.63) is 23.3 Å². The highest BCUT2D eigenvalue weighted by Gasteiger charge is 2.35. The van der Waals surface area contributed by atoms with Crippen LogP contribution in [0.1, 0.15) is 51.7 Å². The Morgan fingerprint density at radius 2 is 1.70 bits per heavy atom. The van der Waals surface area contributed by atoms with Crippen LogP contribution in [0.4, 0.5) is 18.9 Å². The van der Waals surface area contributed by atoms with E-state index >= 15 is 0 Å². The summed E-state index contributed by atoms with van der Waals surface area (Å²) < 4.78 is 44.4. The summed E-state index contributed by atoms with van der Waals surface area (Å²) in [5.41, 5.74) is 4.50. The summed E-state index contributed by atoms with van der Waals surface area (Å²) in [5.74, 6) is 0.441. The number of anilines is 1. The van der Waals surface area contributed by atoms with E-state index in [0.717, 1.165) is 18.9 Å². The van der Waals surface area contributed by atoms with Gasteiger partial charge in [0.2, 0.25) is 0 Å². The third kappa shape index (κ3) is 4.05. The molecule has 20 heavy (non-hydrogen) atoms. The van der Waals surface area contributed by atoms with Gasteiger partial charge in [-0.05, 0) is 17.9 Å². The molecule has 1 aromatic rings. The van der Waals surface area contributed by atoms with Gasteiger partial charge in [-0.1, -0.05) is 34.1 Å². The fraction of sp³-hybridized carbons (Fsp3) is 0.600. The van der Waals surface area contributed by atoms with Gasteiger partial charge in [0.15, 0.2) is 0 Å². The van der Waals surface area contributed by atoms with Gasteiger partial charge in [-0.3, -0.25) is 0 Å². The zero-order valence-corrected chi connectivity index (χ0v) is 12.4. The molecule has 2 nitrogen and oxygen atoms in total. The second-order valence-electron chi connectivity index (χ2n) is 5.89. The summed E-state index contributed by atoms with van der Waals surface area (Å²) in [6.07, 6.45) is -2.64. The summed E-state index contributed by atoms with van der Waals surface area (Å²) in [4.78, 5) is 0. The minimum absolute atomic E-state index is 0.294. The van der Waals surface area contributed by atoms with Gasteiger partial charge in [0.1, 0.15) is 5.75 Å². The van der Waals surface area contributed by atoms with Crippen LogP contribution in [0.25, 0.3) is 0 Å². The molecule has 0 saturated heterocycles. The Morgan fingerprint density at radius 3 is 2.15 bits per heavy atom. The van der Waals surface area contributed by atoms with Crippen LogP contribution >= 0.6 is 0 Å². The van der Waals surface area contributed by atoms with Crippen LogP contribution in [0, 0.1) is 0 Å². The fourth-order valence-corrected chi connectivity index (χ4v) is 1.87. The third-order valence-corrected chi connectivity index (χ3v) is 3.02. The van der Waals surface area contributed by atoms with Crippen molar-refractivity contribution in [2.45, 2.75) is 52.1 Å². The Bertz CT molecular complexity index is 461. The Balaban J connectivity index is 3.27. The van der Waals surface area contributed by atoms with E-state index in [1.54, 1.807) is 0 Å². The Hall–Kier alpha value is -1.39. The van der Waals surface area contributed by atoms with Gasteiger partial charge in [-0.15, -0.1) is 0 Å². The number of nitrogens with two attached hydrogens (primary N) is 1. The molecule has 114 valence electrons. The molecule has 5 heteroatoms. The highest BCUT2D eigenvalue weighted by atomic mass is 19.4. The molecule has 0 atom stereocenters. The number of hydrogen-bond donors (Lipinski definition) is 1. The first-order chi connectivity index (χ1) is 9.07. The number of hydrogen-bond acceptors (Lipinski definition) is 2. The highest BCUT2D eigenvalue weighted by molar-refractivity contribution is 5.57. The quantitative estimate of drug-likeness (QED) is 0.640. The number of rotatable bonds is 4.